The summed E-state index contributed by atoms with van der Waals surface area (Å²) in [6, 6.07) is 0. The normalized spacial score (nSPS) is 34.7. The van der Waals surface area contributed by atoms with Crippen LogP contribution in [0.4, 0.5) is 4.39 Å². The van der Waals surface area contributed by atoms with Gasteiger partial charge in [0.05, 0.1) is 11.0 Å². The number of carbonyl (C=O) groups excluding carboxylic acids is 1. The topological polar surface area (TPSA) is 61.7 Å². The fraction of sp³-hybridized carbons (Fsp3) is 0.733. The van der Waals surface area contributed by atoms with Crippen LogP contribution < -0.4 is 5.32 Å². The number of halogens is 2. The van der Waals surface area contributed by atoms with Crippen LogP contribution in [0.3, 0.4) is 0 Å². The van der Waals surface area contributed by atoms with Crippen molar-refractivity contribution in [2.45, 2.75) is 62.1 Å². The van der Waals surface area contributed by atoms with Crippen molar-refractivity contribution in [3.05, 3.63) is 11.8 Å². The van der Waals surface area contributed by atoms with Gasteiger partial charge in [-0.05, 0) is 44.1 Å². The molecule has 2 N–H and O–H groups in total. The highest BCUT2D eigenvalue weighted by molar-refractivity contribution is 6.21. The Hall–Kier alpha value is -0.940. The average Bonchev–Trinajstić information content (AvgIpc) is 2.88. The minimum Gasteiger partial charge on any atom is -0.385 e. The Labute approximate surface area is 128 Å². The van der Waals surface area contributed by atoms with E-state index in [1.807, 2.05) is 0 Å². The highest BCUT2D eigenvalue weighted by Gasteiger charge is 2.40. The summed E-state index contributed by atoms with van der Waals surface area (Å²) in [6.07, 6.45) is 4.93. The van der Waals surface area contributed by atoms with Gasteiger partial charge in [-0.15, -0.1) is 11.6 Å². The van der Waals surface area contributed by atoms with Crippen molar-refractivity contribution in [1.29, 1.82) is 0 Å². The second-order valence-corrected chi connectivity index (χ2v) is 6.88. The molecule has 1 heterocycles. The molecule has 21 heavy (non-hydrogen) atoms. The predicted molar refractivity (Wildman–Crippen MR) is 79.0 cm³/mol. The Kier molecular flexibility index (Phi) is 4.06. The quantitative estimate of drug-likeness (QED) is 0.769. The van der Waals surface area contributed by atoms with Gasteiger partial charge in [-0.1, -0.05) is 0 Å². The summed E-state index contributed by atoms with van der Waals surface area (Å²) in [5, 5.41) is 12.5. The van der Waals surface area contributed by atoms with E-state index in [1.165, 1.54) is 0 Å². The van der Waals surface area contributed by atoms with Crippen LogP contribution in [-0.2, 0) is 4.79 Å². The van der Waals surface area contributed by atoms with Gasteiger partial charge < -0.3 is 10.4 Å². The maximum atomic E-state index is 13.3. The highest BCUT2D eigenvalue weighted by atomic mass is 35.5. The number of rotatable bonds is 2. The Morgan fingerprint density at radius 1 is 1.48 bits per heavy atom. The van der Waals surface area contributed by atoms with Gasteiger partial charge >= 0.3 is 0 Å². The number of hydrogen-bond donors (Lipinski definition) is 2. The molecule has 2 aliphatic carbocycles. The summed E-state index contributed by atoms with van der Waals surface area (Å²) in [6.45, 7) is 0. The smallest absolute Gasteiger partial charge is 0.228 e. The lowest BCUT2D eigenvalue weighted by Gasteiger charge is -2.37. The molecule has 0 aromatic carbocycles. The van der Waals surface area contributed by atoms with E-state index in [4.69, 9.17) is 11.6 Å². The molecular formula is C15H20ClFN2O2. The molecule has 1 aliphatic heterocycles. The number of hydrogen-bond acceptors (Lipinski definition) is 3. The third-order valence-electron chi connectivity index (χ3n) is 4.84. The van der Waals surface area contributed by atoms with Crippen LogP contribution in [0.2, 0.25) is 0 Å². The van der Waals surface area contributed by atoms with Crippen molar-refractivity contribution < 1.29 is 14.3 Å². The minimum absolute atomic E-state index is 0.137. The maximum absolute atomic E-state index is 13.3. The maximum Gasteiger partial charge on any atom is 0.228 e. The molecule has 2 saturated carbocycles. The first kappa shape index (κ1) is 15.0. The summed E-state index contributed by atoms with van der Waals surface area (Å²) in [5.41, 5.74) is 0.162. The molecule has 116 valence electrons. The van der Waals surface area contributed by atoms with Crippen LogP contribution in [0.15, 0.2) is 16.8 Å². The van der Waals surface area contributed by atoms with E-state index >= 15 is 0 Å². The van der Waals surface area contributed by atoms with E-state index < -0.39 is 17.1 Å². The molecule has 4 nitrogen and oxygen atoms in total. The average molecular weight is 315 g/mol. The Bertz CT molecular complexity index is 502. The molecule has 0 aromatic rings. The number of amides is 1. The molecule has 1 amide bonds. The van der Waals surface area contributed by atoms with Crippen LogP contribution in [0.25, 0.3) is 0 Å². The highest BCUT2D eigenvalue weighted by Crippen LogP contribution is 2.40. The standard InChI is InChI=1S/C15H20ClFN2O2/c16-11-6-9(2-3-12(11)17)14(20)19-13-7-10(8-18-13)15(21)4-1-5-15/h8-9,11-12,21H,1-7H2,(H,18,19,20). The molecule has 0 radical (unpaired) electrons. The van der Waals surface area contributed by atoms with Gasteiger partial charge in [0.25, 0.3) is 0 Å². The van der Waals surface area contributed by atoms with Gasteiger partial charge in [0.1, 0.15) is 12.0 Å². The number of carbonyl (C=O) groups is 1. The Morgan fingerprint density at radius 3 is 2.86 bits per heavy atom. The number of amidine groups is 1. The van der Waals surface area contributed by atoms with Gasteiger partial charge in [0, 0.05) is 18.5 Å². The lowest BCUT2D eigenvalue weighted by atomic mass is 9.74. The summed E-state index contributed by atoms with van der Waals surface area (Å²) < 4.78 is 13.3. The zero-order chi connectivity index (χ0) is 15.0. The fourth-order valence-electron chi connectivity index (χ4n) is 3.18. The summed E-state index contributed by atoms with van der Waals surface area (Å²) in [5.74, 6) is 0.184. The van der Waals surface area contributed by atoms with E-state index in [0.29, 0.717) is 31.5 Å². The van der Waals surface area contributed by atoms with Gasteiger partial charge in [-0.25, -0.2) is 9.38 Å². The molecule has 0 aromatic heterocycles. The first-order chi connectivity index (χ1) is 9.98. The van der Waals surface area contributed by atoms with Crippen molar-refractivity contribution in [3.8, 4) is 0 Å². The van der Waals surface area contributed by atoms with Crippen molar-refractivity contribution in [3.63, 3.8) is 0 Å². The Morgan fingerprint density at radius 2 is 2.24 bits per heavy atom. The van der Waals surface area contributed by atoms with Crippen LogP contribution in [-0.4, -0.2) is 34.0 Å². The number of nitrogens with zero attached hydrogens (tertiary/aromatic N) is 1. The van der Waals surface area contributed by atoms with Gasteiger partial charge in [0.2, 0.25) is 5.91 Å². The number of nitrogens with one attached hydrogen (secondary N) is 1. The van der Waals surface area contributed by atoms with Crippen LogP contribution in [0.5, 0.6) is 0 Å². The minimum atomic E-state index is -1.01. The first-order valence-corrected chi connectivity index (χ1v) is 7.99. The van der Waals surface area contributed by atoms with Crippen molar-refractivity contribution >= 4 is 23.3 Å². The van der Waals surface area contributed by atoms with Crippen LogP contribution >= 0.6 is 11.6 Å². The number of aliphatic hydroxyl groups is 1. The summed E-state index contributed by atoms with van der Waals surface area (Å²) in [4.78, 5) is 16.4. The molecule has 3 rings (SSSR count). The van der Waals surface area contributed by atoms with E-state index in [2.05, 4.69) is 10.3 Å². The molecule has 3 aliphatic rings. The molecular weight excluding hydrogens is 295 g/mol. The molecule has 2 fully saturated rings. The van der Waals surface area contributed by atoms with Crippen LogP contribution in [0, 0.1) is 5.92 Å². The van der Waals surface area contributed by atoms with Gasteiger partial charge in [0.15, 0.2) is 0 Å². The second kappa shape index (κ2) is 5.69. The third-order valence-corrected chi connectivity index (χ3v) is 5.30. The SMILES string of the molecule is O=C(NC1=NC=C(C2(O)CCC2)C1)C1CCC(F)C(Cl)C1. The van der Waals surface area contributed by atoms with E-state index in [-0.39, 0.29) is 11.8 Å². The zero-order valence-corrected chi connectivity index (χ0v) is 12.6. The predicted octanol–water partition coefficient (Wildman–Crippen LogP) is 2.45. The zero-order valence-electron chi connectivity index (χ0n) is 11.8. The van der Waals surface area contributed by atoms with Gasteiger partial charge in [-0.2, -0.15) is 0 Å². The molecule has 0 spiro atoms. The van der Waals surface area contributed by atoms with Crippen molar-refractivity contribution in [1.82, 2.24) is 5.32 Å². The first-order valence-electron chi connectivity index (χ1n) is 7.55. The fourth-order valence-corrected chi connectivity index (χ4v) is 3.52. The third kappa shape index (κ3) is 2.99. The van der Waals surface area contributed by atoms with Crippen molar-refractivity contribution in [2.75, 3.05) is 0 Å². The largest absolute Gasteiger partial charge is 0.385 e. The number of aliphatic imine (C=N–C) groups is 1. The van der Waals surface area contributed by atoms with Gasteiger partial charge in [-0.3, -0.25) is 4.79 Å². The second-order valence-electron chi connectivity index (χ2n) is 6.32. The summed E-state index contributed by atoms with van der Waals surface area (Å²) in [7, 11) is 0. The molecule has 0 saturated heterocycles. The molecule has 3 unspecified atom stereocenters. The van der Waals surface area contributed by atoms with E-state index in [0.717, 1.165) is 24.8 Å². The van der Waals surface area contributed by atoms with Crippen LogP contribution in [0.1, 0.15) is 44.9 Å². The molecule has 6 heteroatoms. The lowest BCUT2D eigenvalue weighted by Crippen LogP contribution is -2.42. The summed E-state index contributed by atoms with van der Waals surface area (Å²) >= 11 is 5.90. The van der Waals surface area contributed by atoms with Crippen molar-refractivity contribution in [2.24, 2.45) is 10.9 Å². The van der Waals surface area contributed by atoms with E-state index in [1.54, 1.807) is 6.20 Å². The lowest BCUT2D eigenvalue weighted by molar-refractivity contribution is -0.124. The van der Waals surface area contributed by atoms with E-state index in [9.17, 15) is 14.3 Å². The monoisotopic (exact) mass is 314 g/mol. The Balaban J connectivity index is 1.51. The molecule has 3 atom stereocenters. The number of alkyl halides is 2. The molecule has 0 bridgehead atoms.